The Hall–Kier alpha value is -2.68. The van der Waals surface area contributed by atoms with Crippen LogP contribution in [-0.4, -0.2) is 65.4 Å². The molecule has 0 bridgehead atoms. The van der Waals surface area contributed by atoms with Crippen molar-refractivity contribution in [3.05, 3.63) is 12.7 Å². The first-order valence-corrected chi connectivity index (χ1v) is 7.69. The predicted octanol–water partition coefficient (Wildman–Crippen LogP) is 0.918. The van der Waals surface area contributed by atoms with Crippen LogP contribution in [0.15, 0.2) is 12.7 Å². The van der Waals surface area contributed by atoms with Crippen molar-refractivity contribution in [3.63, 3.8) is 0 Å². The van der Waals surface area contributed by atoms with Crippen LogP contribution in [0, 0.1) is 0 Å². The summed E-state index contributed by atoms with van der Waals surface area (Å²) in [4.78, 5) is 19.8. The highest BCUT2D eigenvalue weighted by Gasteiger charge is 2.17. The van der Waals surface area contributed by atoms with Gasteiger partial charge in [-0.05, 0) is 6.92 Å². The summed E-state index contributed by atoms with van der Waals surface area (Å²) in [7, 11) is 5.38. The fourth-order valence-electron chi connectivity index (χ4n) is 2.24. The van der Waals surface area contributed by atoms with Crippen molar-refractivity contribution in [1.29, 1.82) is 0 Å². The molecule has 2 heterocycles. The summed E-state index contributed by atoms with van der Waals surface area (Å²) in [6.45, 7) is 6.37. The summed E-state index contributed by atoms with van der Waals surface area (Å²) >= 11 is 0. The van der Waals surface area contributed by atoms with Gasteiger partial charge in [0.1, 0.15) is 11.0 Å². The highest BCUT2D eigenvalue weighted by Crippen LogP contribution is 2.27. The number of nitrogens with one attached hydrogen (secondary N) is 3. The fourth-order valence-corrected chi connectivity index (χ4v) is 2.24. The summed E-state index contributed by atoms with van der Waals surface area (Å²) in [6, 6.07) is 0. The maximum atomic E-state index is 9.58. The van der Waals surface area contributed by atoms with Crippen LogP contribution in [-0.2, 0) is 0 Å². The third-order valence-electron chi connectivity index (χ3n) is 3.29. The molecule has 0 saturated heterocycles. The highest BCUT2D eigenvalue weighted by atomic mass is 16.3. The van der Waals surface area contributed by atoms with Crippen molar-refractivity contribution in [2.24, 2.45) is 0 Å². The minimum absolute atomic E-state index is 0.420. The lowest BCUT2D eigenvalue weighted by Crippen LogP contribution is -2.28. The Kier molecular flexibility index (Phi) is 5.69. The summed E-state index contributed by atoms with van der Waals surface area (Å²) in [5.74, 6) is 2.14. The minimum Gasteiger partial charge on any atom is -0.392 e. The van der Waals surface area contributed by atoms with Crippen molar-refractivity contribution in [3.8, 4) is 0 Å². The first kappa shape index (κ1) is 17.7. The van der Waals surface area contributed by atoms with Gasteiger partial charge < -0.3 is 26.0 Å². The standard InChI is InChI=1S/C15H24N8O/c1-6-7-18-14-19-10-11(12(16-3)21-14)20-15(22-13(10)17-4)23(5)8-9(2)24/h6,9,24H,1,7-8H2,2-5H3,(H,17,20,22)(H2,16,18,19,21)/t9-/m0/s1. The molecular weight excluding hydrogens is 308 g/mol. The topological polar surface area (TPSA) is 111 Å². The lowest BCUT2D eigenvalue weighted by atomic mass is 10.3. The molecular formula is C15H24N8O. The molecule has 0 aliphatic heterocycles. The zero-order valence-electron chi connectivity index (χ0n) is 14.5. The Balaban J connectivity index is 2.58. The van der Waals surface area contributed by atoms with Crippen molar-refractivity contribution < 1.29 is 5.11 Å². The summed E-state index contributed by atoms with van der Waals surface area (Å²) in [5.41, 5.74) is 1.21. The van der Waals surface area contributed by atoms with Crippen LogP contribution in [0.2, 0.25) is 0 Å². The van der Waals surface area contributed by atoms with Crippen LogP contribution >= 0.6 is 0 Å². The molecule has 0 unspecified atom stereocenters. The van der Waals surface area contributed by atoms with E-state index in [2.05, 4.69) is 42.5 Å². The second-order valence-electron chi connectivity index (χ2n) is 5.36. The molecule has 1 atom stereocenters. The van der Waals surface area contributed by atoms with Gasteiger partial charge in [0.25, 0.3) is 0 Å². The van der Waals surface area contributed by atoms with E-state index in [0.717, 1.165) is 0 Å². The molecule has 0 aromatic carbocycles. The van der Waals surface area contributed by atoms with Gasteiger partial charge in [-0.2, -0.15) is 9.97 Å². The maximum Gasteiger partial charge on any atom is 0.227 e. The normalized spacial score (nSPS) is 11.9. The molecule has 0 aliphatic rings. The second kappa shape index (κ2) is 7.73. The van der Waals surface area contributed by atoms with Crippen LogP contribution in [0.3, 0.4) is 0 Å². The van der Waals surface area contributed by atoms with Crippen molar-refractivity contribution >= 4 is 34.6 Å². The Morgan fingerprint density at radius 1 is 1.12 bits per heavy atom. The molecule has 2 rings (SSSR count). The number of hydrogen-bond acceptors (Lipinski definition) is 9. The molecule has 2 aromatic heterocycles. The van der Waals surface area contributed by atoms with Crippen LogP contribution < -0.4 is 20.9 Å². The van der Waals surface area contributed by atoms with Crippen LogP contribution in [0.4, 0.5) is 23.5 Å². The van der Waals surface area contributed by atoms with Crippen LogP contribution in [0.5, 0.6) is 0 Å². The SMILES string of the molecule is C=CCNc1nc(NC)c2nc(N(C)C[C@H](C)O)nc(NC)c2n1. The van der Waals surface area contributed by atoms with Gasteiger partial charge in [-0.3, -0.25) is 0 Å². The molecule has 0 spiro atoms. The van der Waals surface area contributed by atoms with Gasteiger partial charge in [0.15, 0.2) is 11.6 Å². The number of fused-ring (bicyclic) bond motifs is 1. The second-order valence-corrected chi connectivity index (χ2v) is 5.36. The quantitative estimate of drug-likeness (QED) is 0.524. The fraction of sp³-hybridized carbons (Fsp3) is 0.467. The average Bonchev–Trinajstić information content (AvgIpc) is 2.57. The van der Waals surface area contributed by atoms with Crippen LogP contribution in [0.1, 0.15) is 6.92 Å². The lowest BCUT2D eigenvalue weighted by molar-refractivity contribution is 0.201. The molecule has 0 amide bonds. The smallest absolute Gasteiger partial charge is 0.227 e. The maximum absolute atomic E-state index is 9.58. The lowest BCUT2D eigenvalue weighted by Gasteiger charge is -2.20. The van der Waals surface area contributed by atoms with E-state index in [0.29, 0.717) is 47.7 Å². The van der Waals surface area contributed by atoms with E-state index in [1.165, 1.54) is 0 Å². The van der Waals surface area contributed by atoms with Crippen molar-refractivity contribution in [2.45, 2.75) is 13.0 Å². The zero-order valence-corrected chi connectivity index (χ0v) is 14.5. The van der Waals surface area contributed by atoms with Crippen molar-refractivity contribution in [2.75, 3.05) is 55.1 Å². The summed E-state index contributed by atoms with van der Waals surface area (Å²) < 4.78 is 0. The molecule has 2 aromatic rings. The number of aliphatic hydroxyl groups excluding tert-OH is 1. The zero-order chi connectivity index (χ0) is 17.7. The number of hydrogen-bond donors (Lipinski definition) is 4. The number of anilines is 4. The van der Waals surface area contributed by atoms with E-state index < -0.39 is 6.10 Å². The third-order valence-corrected chi connectivity index (χ3v) is 3.29. The number of rotatable bonds is 8. The van der Waals surface area contributed by atoms with Crippen molar-refractivity contribution in [1.82, 2.24) is 19.9 Å². The number of nitrogens with zero attached hydrogens (tertiary/aromatic N) is 5. The van der Waals surface area contributed by atoms with Gasteiger partial charge in [-0.15, -0.1) is 6.58 Å². The molecule has 130 valence electrons. The Morgan fingerprint density at radius 3 is 2.33 bits per heavy atom. The molecule has 0 saturated carbocycles. The summed E-state index contributed by atoms with van der Waals surface area (Å²) in [6.07, 6.45) is 1.24. The number of aliphatic hydroxyl groups is 1. The molecule has 0 radical (unpaired) electrons. The Labute approximate surface area is 141 Å². The summed E-state index contributed by atoms with van der Waals surface area (Å²) in [5, 5.41) is 18.7. The van der Waals surface area contributed by atoms with Gasteiger partial charge in [-0.25, -0.2) is 9.97 Å². The van der Waals surface area contributed by atoms with E-state index in [4.69, 9.17) is 0 Å². The van der Waals surface area contributed by atoms with Crippen LogP contribution in [0.25, 0.3) is 11.0 Å². The minimum atomic E-state index is -0.488. The highest BCUT2D eigenvalue weighted by molar-refractivity contribution is 5.94. The molecule has 0 aliphatic carbocycles. The van der Waals surface area contributed by atoms with Gasteiger partial charge >= 0.3 is 0 Å². The number of likely N-dealkylation sites (N-methyl/N-ethyl adjacent to an activating group) is 1. The average molecular weight is 332 g/mol. The Morgan fingerprint density at radius 2 is 1.75 bits per heavy atom. The van der Waals surface area contributed by atoms with Gasteiger partial charge in [-0.1, -0.05) is 6.08 Å². The van der Waals surface area contributed by atoms with E-state index in [9.17, 15) is 5.11 Å². The monoisotopic (exact) mass is 332 g/mol. The molecule has 4 N–H and O–H groups in total. The van der Waals surface area contributed by atoms with Gasteiger partial charge in [0.2, 0.25) is 11.9 Å². The first-order chi connectivity index (χ1) is 11.5. The van der Waals surface area contributed by atoms with E-state index >= 15 is 0 Å². The van der Waals surface area contributed by atoms with E-state index in [1.807, 2.05) is 7.05 Å². The predicted molar refractivity (Wildman–Crippen MR) is 97.9 cm³/mol. The molecule has 9 nitrogen and oxygen atoms in total. The van der Waals surface area contributed by atoms with E-state index in [-0.39, 0.29) is 0 Å². The number of aromatic nitrogens is 4. The Bertz CT molecular complexity index is 718. The molecule has 0 fully saturated rings. The largest absolute Gasteiger partial charge is 0.392 e. The van der Waals surface area contributed by atoms with Gasteiger partial charge in [0, 0.05) is 34.2 Å². The first-order valence-electron chi connectivity index (χ1n) is 7.69. The van der Waals surface area contributed by atoms with Gasteiger partial charge in [0.05, 0.1) is 6.10 Å². The van der Waals surface area contributed by atoms with E-state index in [1.54, 1.807) is 32.0 Å². The third kappa shape index (κ3) is 3.80. The molecule has 24 heavy (non-hydrogen) atoms. The molecule has 9 heteroatoms.